The summed E-state index contributed by atoms with van der Waals surface area (Å²) in [5.41, 5.74) is 3.76. The van der Waals surface area contributed by atoms with Crippen LogP contribution in [0.3, 0.4) is 0 Å². The summed E-state index contributed by atoms with van der Waals surface area (Å²) in [6.45, 7) is 2.51. The summed E-state index contributed by atoms with van der Waals surface area (Å²) in [6.07, 6.45) is 1.59. The fourth-order valence-electron chi connectivity index (χ4n) is 2.21. The van der Waals surface area contributed by atoms with Crippen molar-refractivity contribution in [1.29, 1.82) is 0 Å². The average molecular weight is 288 g/mol. The topological polar surface area (TPSA) is 60.7 Å². The molecular weight excluding hydrogens is 274 g/mol. The number of hydrogen-bond donors (Lipinski definition) is 3. The first-order valence-corrected chi connectivity index (χ1v) is 6.70. The van der Waals surface area contributed by atoms with Crippen molar-refractivity contribution in [1.82, 2.24) is 15.3 Å². The Morgan fingerprint density at radius 1 is 1.30 bits per heavy atom. The summed E-state index contributed by atoms with van der Waals surface area (Å²) in [5, 5.41) is 4.54. The minimum atomic E-state index is -0.165. The molecule has 102 valence electrons. The first-order chi connectivity index (χ1) is 9.61. The molecule has 0 aliphatic heterocycles. The summed E-state index contributed by atoms with van der Waals surface area (Å²) in [7, 11) is 0. The van der Waals surface area contributed by atoms with Crippen molar-refractivity contribution in [3.05, 3.63) is 58.5 Å². The third-order valence-corrected chi connectivity index (χ3v) is 3.38. The predicted molar refractivity (Wildman–Crippen MR) is 80.0 cm³/mol. The molecule has 0 saturated carbocycles. The molecule has 0 fully saturated rings. The van der Waals surface area contributed by atoms with Crippen molar-refractivity contribution in [2.75, 3.05) is 0 Å². The number of fused-ring (bicyclic) bond motifs is 1. The van der Waals surface area contributed by atoms with Gasteiger partial charge < -0.3 is 15.3 Å². The number of carbonyl (C=O) groups is 1. The van der Waals surface area contributed by atoms with Gasteiger partial charge in [-0.05, 0) is 42.1 Å². The van der Waals surface area contributed by atoms with Crippen LogP contribution in [0.25, 0.3) is 10.9 Å². The van der Waals surface area contributed by atoms with E-state index < -0.39 is 0 Å². The molecule has 0 aliphatic rings. The minimum absolute atomic E-state index is 0.165. The van der Waals surface area contributed by atoms with Gasteiger partial charge in [0, 0.05) is 24.0 Å². The van der Waals surface area contributed by atoms with Crippen molar-refractivity contribution in [2.45, 2.75) is 13.5 Å². The highest BCUT2D eigenvalue weighted by Crippen LogP contribution is 2.17. The van der Waals surface area contributed by atoms with Gasteiger partial charge in [-0.2, -0.15) is 0 Å². The lowest BCUT2D eigenvalue weighted by atomic mass is 10.1. The summed E-state index contributed by atoms with van der Waals surface area (Å²) < 4.78 is 0. The molecule has 3 aromatic rings. The van der Waals surface area contributed by atoms with Gasteiger partial charge in [0.1, 0.15) is 5.69 Å². The Hall–Kier alpha value is -2.20. The second-order valence-electron chi connectivity index (χ2n) is 4.79. The Kier molecular flexibility index (Phi) is 3.24. The highest BCUT2D eigenvalue weighted by atomic mass is 35.5. The van der Waals surface area contributed by atoms with E-state index in [2.05, 4.69) is 27.4 Å². The minimum Gasteiger partial charge on any atom is -0.359 e. The molecule has 0 bridgehead atoms. The lowest BCUT2D eigenvalue weighted by molar-refractivity contribution is 0.0946. The zero-order chi connectivity index (χ0) is 14.1. The van der Waals surface area contributed by atoms with Gasteiger partial charge in [-0.1, -0.05) is 17.7 Å². The normalized spacial score (nSPS) is 10.9. The van der Waals surface area contributed by atoms with Gasteiger partial charge in [0.15, 0.2) is 0 Å². The number of hydrogen-bond acceptors (Lipinski definition) is 1. The maximum Gasteiger partial charge on any atom is 0.268 e. The highest BCUT2D eigenvalue weighted by molar-refractivity contribution is 6.30. The number of halogens is 1. The largest absolute Gasteiger partial charge is 0.359 e. The molecule has 0 saturated heterocycles. The zero-order valence-electron chi connectivity index (χ0n) is 11.0. The predicted octanol–water partition coefficient (Wildman–Crippen LogP) is 3.39. The van der Waals surface area contributed by atoms with Crippen LogP contribution < -0.4 is 5.32 Å². The standard InChI is InChI=1S/C15H14ClN3O/c1-9-4-11-5-10(2-3-13(11)19-9)7-18-15(20)14-6-12(16)8-17-14/h2-6,8,17,19H,7H2,1H3,(H,18,20). The fourth-order valence-corrected chi connectivity index (χ4v) is 2.38. The van der Waals surface area contributed by atoms with Gasteiger partial charge in [0.25, 0.3) is 5.91 Å². The summed E-state index contributed by atoms with van der Waals surface area (Å²) >= 11 is 5.77. The molecule has 0 radical (unpaired) electrons. The maximum absolute atomic E-state index is 11.9. The maximum atomic E-state index is 11.9. The molecule has 0 unspecified atom stereocenters. The Morgan fingerprint density at radius 2 is 2.15 bits per heavy atom. The van der Waals surface area contributed by atoms with Crippen molar-refractivity contribution in [3.8, 4) is 0 Å². The molecule has 5 heteroatoms. The van der Waals surface area contributed by atoms with Gasteiger partial charge in [-0.3, -0.25) is 4.79 Å². The van der Waals surface area contributed by atoms with Crippen molar-refractivity contribution in [2.24, 2.45) is 0 Å². The van der Waals surface area contributed by atoms with Crippen LogP contribution in [0.2, 0.25) is 5.02 Å². The molecule has 3 N–H and O–H groups in total. The Morgan fingerprint density at radius 3 is 2.90 bits per heavy atom. The summed E-state index contributed by atoms with van der Waals surface area (Å²) in [6, 6.07) is 9.79. The Bertz CT molecular complexity index is 772. The summed E-state index contributed by atoms with van der Waals surface area (Å²) in [5.74, 6) is -0.165. The van der Waals surface area contributed by atoms with E-state index in [4.69, 9.17) is 11.6 Å². The lowest BCUT2D eigenvalue weighted by Crippen LogP contribution is -2.22. The fraction of sp³-hybridized carbons (Fsp3) is 0.133. The zero-order valence-corrected chi connectivity index (χ0v) is 11.7. The van der Waals surface area contributed by atoms with Crippen LogP contribution in [0.15, 0.2) is 36.5 Å². The first kappa shape index (κ1) is 12.8. The second-order valence-corrected chi connectivity index (χ2v) is 5.22. The van der Waals surface area contributed by atoms with Crippen LogP contribution in [-0.4, -0.2) is 15.9 Å². The number of rotatable bonds is 3. The van der Waals surface area contributed by atoms with Crippen LogP contribution in [0.4, 0.5) is 0 Å². The third kappa shape index (κ3) is 2.56. The van der Waals surface area contributed by atoms with Gasteiger partial charge in [-0.25, -0.2) is 0 Å². The Balaban J connectivity index is 1.71. The number of aryl methyl sites for hydroxylation is 1. The molecule has 0 atom stereocenters. The molecule has 1 amide bonds. The van der Waals surface area contributed by atoms with Crippen molar-refractivity contribution < 1.29 is 4.79 Å². The number of benzene rings is 1. The van der Waals surface area contributed by atoms with E-state index >= 15 is 0 Å². The molecule has 0 aliphatic carbocycles. The quantitative estimate of drug-likeness (QED) is 0.679. The van der Waals surface area contributed by atoms with Crippen LogP contribution in [0.1, 0.15) is 21.7 Å². The smallest absolute Gasteiger partial charge is 0.268 e. The van der Waals surface area contributed by atoms with Gasteiger partial charge in [0.05, 0.1) is 5.02 Å². The number of carbonyl (C=O) groups excluding carboxylic acids is 1. The summed E-state index contributed by atoms with van der Waals surface area (Å²) in [4.78, 5) is 18.0. The molecule has 0 spiro atoms. The lowest BCUT2D eigenvalue weighted by Gasteiger charge is -2.04. The molecule has 3 rings (SSSR count). The molecular formula is C15H14ClN3O. The van der Waals surface area contributed by atoms with E-state index in [-0.39, 0.29) is 5.91 Å². The van der Waals surface area contributed by atoms with Crippen molar-refractivity contribution in [3.63, 3.8) is 0 Å². The van der Waals surface area contributed by atoms with E-state index in [9.17, 15) is 4.79 Å². The van der Waals surface area contributed by atoms with E-state index in [0.29, 0.717) is 17.3 Å². The van der Waals surface area contributed by atoms with E-state index in [1.807, 2.05) is 19.1 Å². The Labute approximate surface area is 121 Å². The monoisotopic (exact) mass is 287 g/mol. The molecule has 2 aromatic heterocycles. The van der Waals surface area contributed by atoms with Gasteiger partial charge >= 0.3 is 0 Å². The van der Waals surface area contributed by atoms with E-state index in [1.54, 1.807) is 12.3 Å². The molecule has 2 heterocycles. The number of amides is 1. The number of aromatic amines is 2. The second kappa shape index (κ2) is 5.06. The number of nitrogens with one attached hydrogen (secondary N) is 3. The van der Waals surface area contributed by atoms with E-state index in [1.165, 1.54) is 0 Å². The average Bonchev–Trinajstić information content (AvgIpc) is 3.00. The third-order valence-electron chi connectivity index (χ3n) is 3.17. The van der Waals surface area contributed by atoms with Gasteiger partial charge in [0.2, 0.25) is 0 Å². The van der Waals surface area contributed by atoms with Crippen LogP contribution in [0.5, 0.6) is 0 Å². The SMILES string of the molecule is Cc1cc2cc(CNC(=O)c3cc(Cl)c[nH]3)ccc2[nH]1. The van der Waals surface area contributed by atoms with Gasteiger partial charge in [-0.15, -0.1) is 0 Å². The molecule has 20 heavy (non-hydrogen) atoms. The van der Waals surface area contributed by atoms with Crippen LogP contribution >= 0.6 is 11.6 Å². The van der Waals surface area contributed by atoms with Crippen molar-refractivity contribution >= 4 is 28.4 Å². The van der Waals surface area contributed by atoms with E-state index in [0.717, 1.165) is 22.2 Å². The van der Waals surface area contributed by atoms with Crippen LogP contribution in [-0.2, 0) is 6.54 Å². The van der Waals surface area contributed by atoms with Crippen LogP contribution in [0, 0.1) is 6.92 Å². The molecule has 1 aromatic carbocycles. The first-order valence-electron chi connectivity index (χ1n) is 6.32. The molecule has 4 nitrogen and oxygen atoms in total. The number of aromatic nitrogens is 2. The number of H-pyrrole nitrogens is 2. The highest BCUT2D eigenvalue weighted by Gasteiger charge is 2.07.